The van der Waals surface area contributed by atoms with Gasteiger partial charge in [-0.1, -0.05) is 49.9 Å². The number of aryl methyl sites for hydroxylation is 1. The van der Waals surface area contributed by atoms with Crippen molar-refractivity contribution < 1.29 is 9.21 Å². The molecule has 0 radical (unpaired) electrons. The molecular weight excluding hydrogens is 384 g/mol. The van der Waals surface area contributed by atoms with Crippen molar-refractivity contribution in [2.75, 3.05) is 5.75 Å². The lowest BCUT2D eigenvalue weighted by molar-refractivity contribution is -0.119. The summed E-state index contributed by atoms with van der Waals surface area (Å²) in [6.45, 7) is 8.32. The van der Waals surface area contributed by atoms with E-state index in [4.69, 9.17) is 4.42 Å². The smallest absolute Gasteiger partial charge is 0.230 e. The summed E-state index contributed by atoms with van der Waals surface area (Å²) in [5.74, 6) is 2.41. The lowest BCUT2D eigenvalue weighted by atomic mass is 10.00. The Kier molecular flexibility index (Phi) is 6.79. The maximum Gasteiger partial charge on any atom is 0.230 e. The zero-order valence-electron chi connectivity index (χ0n) is 17.6. The summed E-state index contributed by atoms with van der Waals surface area (Å²) in [7, 11) is 1.89. The predicted octanol–water partition coefficient (Wildman–Crippen LogP) is 4.55. The number of thioether (sulfide) groups is 1. The van der Waals surface area contributed by atoms with E-state index < -0.39 is 0 Å². The fourth-order valence-electron chi connectivity index (χ4n) is 3.20. The van der Waals surface area contributed by atoms with Crippen LogP contribution in [0, 0.1) is 12.8 Å². The van der Waals surface area contributed by atoms with Crippen molar-refractivity contribution in [3.8, 4) is 11.4 Å². The molecule has 0 spiro atoms. The maximum atomic E-state index is 12.4. The van der Waals surface area contributed by atoms with E-state index in [0.717, 1.165) is 29.1 Å². The number of nitrogens with one attached hydrogen (secondary N) is 1. The summed E-state index contributed by atoms with van der Waals surface area (Å²) in [5.41, 5.74) is 3.34. The molecule has 2 aromatic heterocycles. The molecule has 0 saturated heterocycles. The minimum atomic E-state index is -0.0418. The van der Waals surface area contributed by atoms with Gasteiger partial charge in [-0.2, -0.15) is 0 Å². The van der Waals surface area contributed by atoms with Gasteiger partial charge in [0.1, 0.15) is 5.76 Å². The highest BCUT2D eigenvalue weighted by molar-refractivity contribution is 7.99. The Balaban J connectivity index is 1.55. The summed E-state index contributed by atoms with van der Waals surface area (Å²) in [5, 5.41) is 12.2. The van der Waals surface area contributed by atoms with E-state index in [9.17, 15) is 4.79 Å². The molecule has 29 heavy (non-hydrogen) atoms. The third kappa shape index (κ3) is 5.29. The second kappa shape index (κ2) is 9.31. The third-order valence-corrected chi connectivity index (χ3v) is 5.79. The molecule has 1 atom stereocenters. The summed E-state index contributed by atoms with van der Waals surface area (Å²) in [6, 6.07) is 10.3. The normalized spacial score (nSPS) is 12.3. The largest absolute Gasteiger partial charge is 0.469 e. The molecule has 1 aromatic carbocycles. The Labute approximate surface area is 176 Å². The van der Waals surface area contributed by atoms with Crippen LogP contribution >= 0.6 is 11.8 Å². The van der Waals surface area contributed by atoms with Crippen molar-refractivity contribution in [1.82, 2.24) is 20.1 Å². The highest BCUT2D eigenvalue weighted by atomic mass is 32.2. The molecule has 3 rings (SSSR count). The van der Waals surface area contributed by atoms with Gasteiger partial charge in [0, 0.05) is 7.05 Å². The van der Waals surface area contributed by atoms with Crippen molar-refractivity contribution in [2.24, 2.45) is 13.0 Å². The van der Waals surface area contributed by atoms with Gasteiger partial charge >= 0.3 is 0 Å². The summed E-state index contributed by atoms with van der Waals surface area (Å²) >= 11 is 1.37. The molecule has 154 valence electrons. The van der Waals surface area contributed by atoms with Crippen LogP contribution in [0.4, 0.5) is 0 Å². The van der Waals surface area contributed by atoms with Gasteiger partial charge in [-0.25, -0.2) is 0 Å². The predicted molar refractivity (Wildman–Crippen MR) is 116 cm³/mol. The first-order valence-corrected chi connectivity index (χ1v) is 10.8. The first kappa shape index (κ1) is 21.2. The van der Waals surface area contributed by atoms with Crippen LogP contribution < -0.4 is 5.32 Å². The summed E-state index contributed by atoms with van der Waals surface area (Å²) in [4.78, 5) is 12.4. The van der Waals surface area contributed by atoms with Crippen LogP contribution in [-0.2, 0) is 18.3 Å². The Hall–Kier alpha value is -2.54. The first-order chi connectivity index (χ1) is 13.8. The van der Waals surface area contributed by atoms with Gasteiger partial charge in [0.15, 0.2) is 11.0 Å². The maximum absolute atomic E-state index is 12.4. The summed E-state index contributed by atoms with van der Waals surface area (Å²) < 4.78 is 7.22. The number of aromatic nitrogens is 3. The van der Waals surface area contributed by atoms with Gasteiger partial charge in [0.2, 0.25) is 5.91 Å². The Morgan fingerprint density at radius 3 is 2.52 bits per heavy atom. The molecule has 7 heteroatoms. The average molecular weight is 413 g/mol. The van der Waals surface area contributed by atoms with E-state index in [2.05, 4.69) is 53.6 Å². The van der Waals surface area contributed by atoms with Gasteiger partial charge in [0.05, 0.1) is 23.6 Å². The van der Waals surface area contributed by atoms with Crippen LogP contribution in [0.5, 0.6) is 0 Å². The lowest BCUT2D eigenvalue weighted by Gasteiger charge is -2.15. The van der Waals surface area contributed by atoms with Gasteiger partial charge in [0.25, 0.3) is 0 Å². The second-order valence-corrected chi connectivity index (χ2v) is 8.62. The van der Waals surface area contributed by atoms with Gasteiger partial charge in [-0.05, 0) is 43.4 Å². The number of hydrogen-bond donors (Lipinski definition) is 1. The molecule has 3 aromatic rings. The molecular formula is C22H28N4O2S. The minimum absolute atomic E-state index is 0.0298. The number of carbonyl (C=O) groups is 1. The van der Waals surface area contributed by atoms with Crippen molar-refractivity contribution in [3.63, 3.8) is 0 Å². The molecule has 0 fully saturated rings. The van der Waals surface area contributed by atoms with E-state index in [1.165, 1.54) is 17.3 Å². The number of furan rings is 1. The Morgan fingerprint density at radius 2 is 1.90 bits per heavy atom. The van der Waals surface area contributed by atoms with Crippen molar-refractivity contribution >= 4 is 17.7 Å². The molecule has 0 saturated carbocycles. The monoisotopic (exact) mass is 412 g/mol. The zero-order valence-corrected chi connectivity index (χ0v) is 18.4. The van der Waals surface area contributed by atoms with Crippen molar-refractivity contribution in [2.45, 2.75) is 45.3 Å². The first-order valence-electron chi connectivity index (χ1n) is 9.80. The van der Waals surface area contributed by atoms with E-state index in [0.29, 0.717) is 11.1 Å². The fourth-order valence-corrected chi connectivity index (χ4v) is 3.92. The summed E-state index contributed by atoms with van der Waals surface area (Å²) in [6.07, 6.45) is 2.70. The number of carbonyl (C=O) groups excluding carboxylic acids is 1. The fraction of sp³-hybridized carbons (Fsp3) is 0.409. The van der Waals surface area contributed by atoms with Crippen LogP contribution in [-0.4, -0.2) is 26.4 Å². The third-order valence-electron chi connectivity index (χ3n) is 4.77. The van der Waals surface area contributed by atoms with Crippen molar-refractivity contribution in [1.29, 1.82) is 0 Å². The van der Waals surface area contributed by atoms with E-state index in [1.807, 2.05) is 31.5 Å². The zero-order chi connectivity index (χ0) is 21.0. The molecule has 6 nitrogen and oxygen atoms in total. The van der Waals surface area contributed by atoms with Crippen LogP contribution in [0.15, 0.2) is 46.2 Å². The van der Waals surface area contributed by atoms with Gasteiger partial charge < -0.3 is 14.3 Å². The van der Waals surface area contributed by atoms with Crippen LogP contribution in [0.3, 0.4) is 0 Å². The second-order valence-electron chi connectivity index (χ2n) is 7.67. The van der Waals surface area contributed by atoms with E-state index >= 15 is 0 Å². The van der Waals surface area contributed by atoms with Crippen LogP contribution in [0.1, 0.15) is 43.7 Å². The number of rotatable bonds is 8. The molecule has 0 unspecified atom stereocenters. The number of hydrogen-bond acceptors (Lipinski definition) is 5. The molecule has 1 amide bonds. The van der Waals surface area contributed by atoms with Crippen LogP contribution in [0.25, 0.3) is 11.4 Å². The van der Waals surface area contributed by atoms with Gasteiger partial charge in [-0.15, -0.1) is 10.2 Å². The number of amides is 1. The lowest BCUT2D eigenvalue weighted by Crippen LogP contribution is -2.28. The molecule has 0 bridgehead atoms. The van der Waals surface area contributed by atoms with Crippen LogP contribution in [0.2, 0.25) is 0 Å². The number of nitrogens with zero attached hydrogens (tertiary/aromatic N) is 3. The minimum Gasteiger partial charge on any atom is -0.469 e. The standard InChI is InChI=1S/C22H28N4O2S/c1-14(2)12-17-6-8-18(9-7-17)15(3)23-20(27)13-29-22-25-24-21(26(22)5)19-10-11-28-16(19)4/h6-11,14-15H,12-13H2,1-5H3,(H,23,27)/t15-/m0/s1. The molecule has 0 aliphatic heterocycles. The van der Waals surface area contributed by atoms with Crippen molar-refractivity contribution in [3.05, 3.63) is 53.5 Å². The SMILES string of the molecule is Cc1occc1-c1nnc(SCC(=O)N[C@@H](C)c2ccc(CC(C)C)cc2)n1C. The Morgan fingerprint density at radius 1 is 1.17 bits per heavy atom. The highest BCUT2D eigenvalue weighted by Gasteiger charge is 2.16. The molecule has 1 N–H and O–H groups in total. The molecule has 2 heterocycles. The topological polar surface area (TPSA) is 72.9 Å². The Bertz CT molecular complexity index is 960. The van der Waals surface area contributed by atoms with E-state index in [-0.39, 0.29) is 17.7 Å². The number of benzene rings is 1. The molecule has 0 aliphatic carbocycles. The average Bonchev–Trinajstić information content (AvgIpc) is 3.25. The van der Waals surface area contributed by atoms with E-state index in [1.54, 1.807) is 6.26 Å². The molecule has 0 aliphatic rings. The highest BCUT2D eigenvalue weighted by Crippen LogP contribution is 2.26. The van der Waals surface area contributed by atoms with Gasteiger partial charge in [-0.3, -0.25) is 4.79 Å². The quantitative estimate of drug-likeness (QED) is 0.550.